The topological polar surface area (TPSA) is 92.8 Å². The van der Waals surface area contributed by atoms with Crippen LogP contribution in [0, 0.1) is 13.8 Å². The Balaban J connectivity index is 1.55. The standard InChI is InChI=1S/C30H31ClN6O2/c1-19-14-22-16-25(30(38)32-27(22)15-20(19)2)28(29-33-34-35-37(29)23-9-4-5-10-23)36(18-24-11-7-13-39-24)17-21-8-3-6-12-26(21)31/h3,6-8,11-16,23,28H,4-5,9-10,17-18H2,1-2H3,(H,32,38). The summed E-state index contributed by atoms with van der Waals surface area (Å²) in [4.78, 5) is 19.1. The van der Waals surface area contributed by atoms with Crippen LogP contribution in [0.25, 0.3) is 10.9 Å². The molecule has 1 saturated carbocycles. The fraction of sp³-hybridized carbons (Fsp3) is 0.333. The highest BCUT2D eigenvalue weighted by molar-refractivity contribution is 6.31. The van der Waals surface area contributed by atoms with Crippen molar-refractivity contribution in [2.45, 2.75) is 64.7 Å². The Hall–Kier alpha value is -3.75. The molecule has 0 spiro atoms. The highest BCUT2D eigenvalue weighted by atomic mass is 35.5. The molecule has 3 aromatic heterocycles. The Labute approximate surface area is 231 Å². The Morgan fingerprint density at radius 1 is 1.08 bits per heavy atom. The molecule has 1 fully saturated rings. The molecule has 1 unspecified atom stereocenters. The van der Waals surface area contributed by atoms with Gasteiger partial charge in [-0.15, -0.1) is 5.10 Å². The number of aryl methyl sites for hydroxylation is 2. The van der Waals surface area contributed by atoms with Crippen LogP contribution in [0.1, 0.15) is 71.6 Å². The van der Waals surface area contributed by atoms with Crippen molar-refractivity contribution in [1.82, 2.24) is 30.1 Å². The monoisotopic (exact) mass is 542 g/mol. The molecule has 0 radical (unpaired) electrons. The molecule has 8 nitrogen and oxygen atoms in total. The molecule has 1 aliphatic carbocycles. The molecule has 0 bridgehead atoms. The quantitative estimate of drug-likeness (QED) is 0.248. The van der Waals surface area contributed by atoms with Gasteiger partial charge in [0, 0.05) is 22.6 Å². The summed E-state index contributed by atoms with van der Waals surface area (Å²) in [5, 5.41) is 14.7. The second-order valence-electron chi connectivity index (χ2n) is 10.5. The number of aromatic nitrogens is 5. The third kappa shape index (κ3) is 5.14. The van der Waals surface area contributed by atoms with Crippen molar-refractivity contribution in [2.75, 3.05) is 0 Å². The molecule has 200 valence electrons. The van der Waals surface area contributed by atoms with Gasteiger partial charge in [-0.3, -0.25) is 9.69 Å². The average molecular weight is 543 g/mol. The lowest BCUT2D eigenvalue weighted by atomic mass is 9.99. The second-order valence-corrected chi connectivity index (χ2v) is 10.9. The van der Waals surface area contributed by atoms with Gasteiger partial charge >= 0.3 is 0 Å². The smallest absolute Gasteiger partial charge is 0.253 e. The molecule has 6 rings (SSSR count). The summed E-state index contributed by atoms with van der Waals surface area (Å²) in [6, 6.07) is 17.4. The van der Waals surface area contributed by atoms with Gasteiger partial charge in [0.2, 0.25) is 0 Å². The first-order chi connectivity index (χ1) is 19.0. The van der Waals surface area contributed by atoms with Crippen LogP contribution in [-0.4, -0.2) is 30.1 Å². The van der Waals surface area contributed by atoms with Crippen LogP contribution in [0.4, 0.5) is 0 Å². The molecule has 0 saturated heterocycles. The van der Waals surface area contributed by atoms with E-state index in [0.717, 1.165) is 59.0 Å². The number of nitrogens with zero attached hydrogens (tertiary/aromatic N) is 5. The van der Waals surface area contributed by atoms with Crippen molar-refractivity contribution in [3.63, 3.8) is 0 Å². The van der Waals surface area contributed by atoms with Crippen LogP contribution in [0.3, 0.4) is 0 Å². The van der Waals surface area contributed by atoms with Crippen molar-refractivity contribution < 1.29 is 4.42 Å². The maximum atomic E-state index is 13.8. The summed E-state index contributed by atoms with van der Waals surface area (Å²) in [7, 11) is 0. The number of fused-ring (bicyclic) bond motifs is 1. The van der Waals surface area contributed by atoms with Gasteiger partial charge in [-0.2, -0.15) is 0 Å². The first-order valence-electron chi connectivity index (χ1n) is 13.4. The maximum absolute atomic E-state index is 13.8. The third-order valence-electron chi connectivity index (χ3n) is 7.85. The summed E-state index contributed by atoms with van der Waals surface area (Å²) in [6.45, 7) is 5.03. The first-order valence-corrected chi connectivity index (χ1v) is 13.8. The van der Waals surface area contributed by atoms with E-state index in [1.165, 1.54) is 0 Å². The maximum Gasteiger partial charge on any atom is 0.253 e. The highest BCUT2D eigenvalue weighted by Gasteiger charge is 2.34. The molecule has 0 aliphatic heterocycles. The first kappa shape index (κ1) is 25.5. The van der Waals surface area contributed by atoms with Gasteiger partial charge < -0.3 is 9.40 Å². The predicted molar refractivity (Wildman–Crippen MR) is 151 cm³/mol. The minimum atomic E-state index is -0.545. The van der Waals surface area contributed by atoms with Crippen molar-refractivity contribution in [3.8, 4) is 0 Å². The Morgan fingerprint density at radius 2 is 1.87 bits per heavy atom. The summed E-state index contributed by atoms with van der Waals surface area (Å²) in [6.07, 6.45) is 5.97. The fourth-order valence-corrected chi connectivity index (χ4v) is 5.87. The summed E-state index contributed by atoms with van der Waals surface area (Å²) in [5.41, 5.74) is 4.46. The van der Waals surface area contributed by atoms with Gasteiger partial charge in [0.05, 0.1) is 18.8 Å². The molecule has 1 N–H and O–H groups in total. The number of aromatic amines is 1. The van der Waals surface area contributed by atoms with E-state index in [-0.39, 0.29) is 11.6 Å². The van der Waals surface area contributed by atoms with Crippen LogP contribution in [0.2, 0.25) is 5.02 Å². The van der Waals surface area contributed by atoms with Crippen molar-refractivity contribution in [3.05, 3.63) is 110 Å². The van der Waals surface area contributed by atoms with Crippen molar-refractivity contribution in [1.29, 1.82) is 0 Å². The molecule has 2 aromatic carbocycles. The van der Waals surface area contributed by atoms with E-state index in [1.54, 1.807) is 6.26 Å². The number of rotatable bonds is 8. The molecule has 9 heteroatoms. The Morgan fingerprint density at radius 3 is 2.64 bits per heavy atom. The lowest BCUT2D eigenvalue weighted by Gasteiger charge is -2.31. The number of hydrogen-bond donors (Lipinski definition) is 1. The van der Waals surface area contributed by atoms with Crippen LogP contribution >= 0.6 is 11.6 Å². The van der Waals surface area contributed by atoms with Crippen molar-refractivity contribution in [2.24, 2.45) is 0 Å². The predicted octanol–water partition coefficient (Wildman–Crippen LogP) is 6.28. The fourth-order valence-electron chi connectivity index (χ4n) is 5.67. The average Bonchev–Trinajstić information content (AvgIpc) is 3.70. The number of tetrazole rings is 1. The van der Waals surface area contributed by atoms with Crippen molar-refractivity contribution >= 4 is 22.5 Å². The minimum Gasteiger partial charge on any atom is -0.468 e. The van der Waals surface area contributed by atoms with Gasteiger partial charge in [0.15, 0.2) is 5.82 Å². The van der Waals surface area contributed by atoms with Crippen LogP contribution < -0.4 is 5.56 Å². The zero-order valence-electron chi connectivity index (χ0n) is 22.1. The van der Waals surface area contributed by atoms with Gasteiger partial charge in [-0.25, -0.2) is 4.68 Å². The molecule has 0 amide bonds. The normalized spacial score (nSPS) is 15.0. The molecule has 1 aliphatic rings. The Bertz CT molecular complexity index is 1650. The second kappa shape index (κ2) is 10.8. The van der Waals surface area contributed by atoms with Crippen LogP contribution in [0.5, 0.6) is 0 Å². The van der Waals surface area contributed by atoms with Gasteiger partial charge in [0.1, 0.15) is 11.8 Å². The number of hydrogen-bond acceptors (Lipinski definition) is 6. The molecule has 1 atom stereocenters. The molecular formula is C30H31ClN6O2. The zero-order chi connectivity index (χ0) is 26.9. The number of nitrogens with one attached hydrogen (secondary N) is 1. The summed E-state index contributed by atoms with van der Waals surface area (Å²) >= 11 is 6.64. The van der Waals surface area contributed by atoms with E-state index in [1.807, 2.05) is 60.1 Å². The summed E-state index contributed by atoms with van der Waals surface area (Å²) in [5.74, 6) is 1.42. The van der Waals surface area contributed by atoms with Gasteiger partial charge in [-0.05, 0) is 95.6 Å². The minimum absolute atomic E-state index is 0.166. The number of H-pyrrole nitrogens is 1. The lowest BCUT2D eigenvalue weighted by molar-refractivity contribution is 0.176. The SMILES string of the molecule is Cc1cc2cc(C(c3nnnn3C3CCCC3)N(Cc3ccco3)Cc3ccccc3Cl)c(=O)[nH]c2cc1C. The summed E-state index contributed by atoms with van der Waals surface area (Å²) < 4.78 is 7.71. The zero-order valence-corrected chi connectivity index (χ0v) is 22.9. The number of furan rings is 1. The van der Waals surface area contributed by atoms with E-state index >= 15 is 0 Å². The van der Waals surface area contributed by atoms with E-state index in [0.29, 0.717) is 29.5 Å². The van der Waals surface area contributed by atoms with E-state index in [4.69, 9.17) is 16.0 Å². The lowest BCUT2D eigenvalue weighted by Crippen LogP contribution is -2.35. The van der Waals surface area contributed by atoms with Gasteiger partial charge in [0.25, 0.3) is 5.56 Å². The molecule has 5 aromatic rings. The third-order valence-corrected chi connectivity index (χ3v) is 8.22. The van der Waals surface area contributed by atoms with E-state index in [9.17, 15) is 4.79 Å². The molecular weight excluding hydrogens is 512 g/mol. The number of pyridine rings is 1. The van der Waals surface area contributed by atoms with E-state index < -0.39 is 6.04 Å². The Kier molecular flexibility index (Phi) is 7.06. The van der Waals surface area contributed by atoms with Crippen LogP contribution in [-0.2, 0) is 13.1 Å². The molecule has 39 heavy (non-hydrogen) atoms. The van der Waals surface area contributed by atoms with E-state index in [2.05, 4.69) is 38.4 Å². The molecule has 3 heterocycles. The highest BCUT2D eigenvalue weighted by Crippen LogP contribution is 2.36. The number of halogens is 1. The van der Waals surface area contributed by atoms with Crippen LogP contribution in [0.15, 0.2) is 70.1 Å². The largest absolute Gasteiger partial charge is 0.468 e. The van der Waals surface area contributed by atoms with Gasteiger partial charge in [-0.1, -0.05) is 42.6 Å². The number of benzene rings is 2.